The number of aromatic nitrogens is 5. The summed E-state index contributed by atoms with van der Waals surface area (Å²) in [5.74, 6) is 1.54. The monoisotopic (exact) mass is 505 g/mol. The number of hydrogen-bond donors (Lipinski definition) is 2. The Morgan fingerprint density at radius 3 is 2.68 bits per heavy atom. The van der Waals surface area contributed by atoms with Crippen molar-refractivity contribution in [3.8, 4) is 34.1 Å². The Morgan fingerprint density at radius 2 is 1.97 bits per heavy atom. The molecule has 1 saturated carbocycles. The first-order chi connectivity index (χ1) is 17.8. The maximum atomic E-state index is 15.6. The lowest BCUT2D eigenvalue weighted by Gasteiger charge is -2.52. The number of phenols is 1. The van der Waals surface area contributed by atoms with E-state index in [9.17, 15) is 5.11 Å². The Kier molecular flexibility index (Phi) is 5.94. The number of phenolic OH excluding ortho intramolecular Hbond substituents is 1. The third-order valence-corrected chi connectivity index (χ3v) is 7.99. The number of anilines is 1. The highest BCUT2D eigenvalue weighted by atomic mass is 19.1. The third kappa shape index (κ3) is 4.47. The van der Waals surface area contributed by atoms with Crippen LogP contribution in [-0.2, 0) is 0 Å². The van der Waals surface area contributed by atoms with E-state index >= 15 is 4.39 Å². The molecule has 3 fully saturated rings. The molecule has 2 aromatic heterocycles. The van der Waals surface area contributed by atoms with Crippen LogP contribution >= 0.6 is 0 Å². The molecule has 10 heteroatoms. The molecule has 0 unspecified atom stereocenters. The molecule has 6 rings (SSSR count). The standard InChI is InChI=1S/C27H32FN7O2/c1-15-23(37-3)12-20(32-31-15)16-6-9-18(22(36)11-16)26-29-14-24(33-34-26)35(17-7-8-17)21-13-27(2)10-4-5-19(30-27)25(21)28/h6,9,11-12,14,17,19,21,25,30,36H,4-5,7-8,10,13H2,1-3H3/t19-,21-,25+,27-/m0/s1. The molecule has 194 valence electrons. The Balaban J connectivity index is 1.26. The van der Waals surface area contributed by atoms with E-state index in [1.165, 1.54) is 0 Å². The van der Waals surface area contributed by atoms with Gasteiger partial charge in [0.2, 0.25) is 0 Å². The van der Waals surface area contributed by atoms with Gasteiger partial charge in [-0.05, 0) is 64.5 Å². The molecular weight excluding hydrogens is 473 g/mol. The van der Waals surface area contributed by atoms with Crippen LogP contribution in [0.5, 0.6) is 11.5 Å². The summed E-state index contributed by atoms with van der Waals surface area (Å²) in [7, 11) is 1.58. The lowest BCUT2D eigenvalue weighted by molar-refractivity contribution is 0.0584. The number of aromatic hydroxyl groups is 1. The number of ether oxygens (including phenoxy) is 1. The maximum absolute atomic E-state index is 15.6. The molecule has 0 amide bonds. The zero-order valence-corrected chi connectivity index (χ0v) is 21.4. The molecule has 0 radical (unpaired) electrons. The molecule has 1 aliphatic carbocycles. The van der Waals surface area contributed by atoms with Crippen LogP contribution in [0.3, 0.4) is 0 Å². The van der Waals surface area contributed by atoms with Crippen molar-refractivity contribution in [3.05, 3.63) is 36.2 Å². The lowest BCUT2D eigenvalue weighted by atomic mass is 9.74. The molecule has 2 bridgehead atoms. The summed E-state index contributed by atoms with van der Waals surface area (Å²) >= 11 is 0. The second-order valence-corrected chi connectivity index (χ2v) is 10.8. The van der Waals surface area contributed by atoms with Crippen molar-refractivity contribution in [3.63, 3.8) is 0 Å². The highest BCUT2D eigenvalue weighted by Gasteiger charge is 2.50. The first kappa shape index (κ1) is 24.0. The van der Waals surface area contributed by atoms with Crippen LogP contribution in [0.1, 0.15) is 51.1 Å². The van der Waals surface area contributed by atoms with Gasteiger partial charge >= 0.3 is 0 Å². The summed E-state index contributed by atoms with van der Waals surface area (Å²) in [4.78, 5) is 6.65. The fourth-order valence-corrected chi connectivity index (χ4v) is 5.95. The molecule has 4 atom stereocenters. The number of nitrogens with zero attached hydrogens (tertiary/aromatic N) is 6. The summed E-state index contributed by atoms with van der Waals surface area (Å²) in [6, 6.07) is 6.85. The van der Waals surface area contributed by atoms with E-state index in [4.69, 9.17) is 4.74 Å². The molecule has 2 N–H and O–H groups in total. The van der Waals surface area contributed by atoms with Gasteiger partial charge in [-0.25, -0.2) is 9.37 Å². The van der Waals surface area contributed by atoms with Crippen molar-refractivity contribution in [2.45, 2.75) is 82.2 Å². The van der Waals surface area contributed by atoms with Gasteiger partial charge in [0.15, 0.2) is 11.6 Å². The summed E-state index contributed by atoms with van der Waals surface area (Å²) in [5, 5.41) is 31.5. The van der Waals surface area contributed by atoms with Gasteiger partial charge in [0, 0.05) is 29.3 Å². The third-order valence-electron chi connectivity index (χ3n) is 7.99. The number of aryl methyl sites for hydroxylation is 1. The quantitative estimate of drug-likeness (QED) is 0.514. The summed E-state index contributed by atoms with van der Waals surface area (Å²) in [6.07, 6.45) is 6.47. The van der Waals surface area contributed by atoms with Crippen LogP contribution in [-0.4, -0.2) is 67.4 Å². The summed E-state index contributed by atoms with van der Waals surface area (Å²) in [5.41, 5.74) is 2.37. The Labute approximate surface area is 215 Å². The van der Waals surface area contributed by atoms with Gasteiger partial charge < -0.3 is 20.1 Å². The highest BCUT2D eigenvalue weighted by molar-refractivity contribution is 5.71. The Morgan fingerprint density at radius 1 is 1.14 bits per heavy atom. The van der Waals surface area contributed by atoms with E-state index in [-0.39, 0.29) is 29.4 Å². The number of hydrogen-bond acceptors (Lipinski definition) is 9. The minimum absolute atomic E-state index is 0.00960. The average molecular weight is 506 g/mol. The topological polar surface area (TPSA) is 109 Å². The van der Waals surface area contributed by atoms with Gasteiger partial charge in [-0.15, -0.1) is 15.3 Å². The minimum atomic E-state index is -0.962. The largest absolute Gasteiger partial charge is 0.507 e. The second-order valence-electron chi connectivity index (χ2n) is 10.8. The predicted molar refractivity (Wildman–Crippen MR) is 137 cm³/mol. The van der Waals surface area contributed by atoms with E-state index in [1.54, 1.807) is 31.5 Å². The molecule has 1 aromatic carbocycles. The van der Waals surface area contributed by atoms with Crippen molar-refractivity contribution in [1.82, 2.24) is 30.7 Å². The first-order valence-corrected chi connectivity index (χ1v) is 13.0. The normalized spacial score (nSPS) is 27.1. The number of alkyl halides is 1. The number of piperidine rings is 2. The molecule has 2 saturated heterocycles. The van der Waals surface area contributed by atoms with Crippen LogP contribution in [0.25, 0.3) is 22.6 Å². The van der Waals surface area contributed by atoms with Crippen LogP contribution in [0, 0.1) is 6.92 Å². The molecule has 37 heavy (non-hydrogen) atoms. The fraction of sp³-hybridized carbons (Fsp3) is 0.519. The summed E-state index contributed by atoms with van der Waals surface area (Å²) in [6.45, 7) is 4.03. The van der Waals surface area contributed by atoms with E-state index < -0.39 is 6.17 Å². The van der Waals surface area contributed by atoms with E-state index in [2.05, 4.69) is 42.5 Å². The zero-order chi connectivity index (χ0) is 25.7. The van der Waals surface area contributed by atoms with E-state index in [0.717, 1.165) is 38.5 Å². The maximum Gasteiger partial charge on any atom is 0.185 e. The number of methoxy groups -OCH3 is 1. The van der Waals surface area contributed by atoms with Crippen LogP contribution in [0.4, 0.5) is 10.2 Å². The average Bonchev–Trinajstić information content (AvgIpc) is 3.73. The first-order valence-electron chi connectivity index (χ1n) is 13.0. The van der Waals surface area contributed by atoms with E-state index in [0.29, 0.717) is 39.9 Å². The van der Waals surface area contributed by atoms with Crippen molar-refractivity contribution >= 4 is 5.82 Å². The Hall–Kier alpha value is -3.40. The van der Waals surface area contributed by atoms with Gasteiger partial charge in [-0.2, -0.15) is 5.10 Å². The number of benzene rings is 1. The number of rotatable bonds is 6. The van der Waals surface area contributed by atoms with Crippen molar-refractivity contribution in [1.29, 1.82) is 0 Å². The Bertz CT molecular complexity index is 1300. The SMILES string of the molecule is COc1cc(-c2ccc(-c3ncc(N(C4CC4)[C@H]4C[C@]5(C)CCC[C@H](N5)[C@H]4F)nn3)c(O)c2)nnc1C. The number of fused-ring (bicyclic) bond motifs is 2. The lowest BCUT2D eigenvalue weighted by Crippen LogP contribution is -2.67. The number of nitrogens with one attached hydrogen (secondary N) is 1. The van der Waals surface area contributed by atoms with Gasteiger partial charge in [0.1, 0.15) is 23.4 Å². The van der Waals surface area contributed by atoms with Crippen molar-refractivity contribution < 1.29 is 14.2 Å². The fourth-order valence-electron chi connectivity index (χ4n) is 5.95. The minimum Gasteiger partial charge on any atom is -0.507 e. The van der Waals surface area contributed by atoms with Gasteiger partial charge in [0.05, 0.1) is 30.6 Å². The smallest absolute Gasteiger partial charge is 0.185 e. The zero-order valence-electron chi connectivity index (χ0n) is 21.4. The van der Waals surface area contributed by atoms with Crippen molar-refractivity contribution in [2.75, 3.05) is 12.0 Å². The molecule has 3 aromatic rings. The van der Waals surface area contributed by atoms with Crippen molar-refractivity contribution in [2.24, 2.45) is 0 Å². The van der Waals surface area contributed by atoms with E-state index in [1.807, 2.05) is 13.0 Å². The summed E-state index contributed by atoms with van der Waals surface area (Å²) < 4.78 is 21.0. The molecular formula is C27H32FN7O2. The molecule has 3 aliphatic rings. The molecule has 0 spiro atoms. The van der Waals surface area contributed by atoms with Gasteiger partial charge in [-0.1, -0.05) is 6.07 Å². The number of halogens is 1. The second kappa shape index (κ2) is 9.16. The molecule has 4 heterocycles. The van der Waals surface area contributed by atoms with Crippen LogP contribution in [0.15, 0.2) is 30.5 Å². The highest BCUT2D eigenvalue weighted by Crippen LogP contribution is 2.42. The molecule has 2 aliphatic heterocycles. The van der Waals surface area contributed by atoms with Gasteiger partial charge in [0.25, 0.3) is 0 Å². The van der Waals surface area contributed by atoms with Gasteiger partial charge in [-0.3, -0.25) is 0 Å². The van der Waals surface area contributed by atoms with Crippen LogP contribution in [0.2, 0.25) is 0 Å². The molecule has 9 nitrogen and oxygen atoms in total. The van der Waals surface area contributed by atoms with Crippen LogP contribution < -0.4 is 15.0 Å². The predicted octanol–water partition coefficient (Wildman–Crippen LogP) is 4.00.